The summed E-state index contributed by atoms with van der Waals surface area (Å²) in [6, 6.07) is 12.2. The second kappa shape index (κ2) is 9.06. The van der Waals surface area contributed by atoms with Crippen LogP contribution in [0, 0.1) is 18.3 Å². The van der Waals surface area contributed by atoms with Gasteiger partial charge < -0.3 is 10.6 Å². The van der Waals surface area contributed by atoms with Crippen LogP contribution in [0.1, 0.15) is 45.8 Å². The first-order valence-electron chi connectivity index (χ1n) is 9.41. The molecule has 1 aromatic carbocycles. The molecule has 2 heterocycles. The number of benzene rings is 1. The largest absolute Gasteiger partial charge is 0.322 e. The van der Waals surface area contributed by atoms with E-state index in [2.05, 4.69) is 42.6 Å². The smallest absolute Gasteiger partial charge is 0.256 e. The fraction of sp³-hybridized carbons (Fsp3) is 0.174. The summed E-state index contributed by atoms with van der Waals surface area (Å²) in [5.74, 6) is -0.667. The predicted octanol–water partition coefficient (Wildman–Crippen LogP) is 4.85. The number of amides is 2. The number of aromatic nitrogens is 2. The van der Waals surface area contributed by atoms with Gasteiger partial charge in [0.15, 0.2) is 0 Å². The lowest BCUT2D eigenvalue weighted by Crippen LogP contribution is -2.19. The van der Waals surface area contributed by atoms with E-state index in [9.17, 15) is 14.9 Å². The van der Waals surface area contributed by atoms with E-state index in [0.717, 1.165) is 10.0 Å². The Balaban J connectivity index is 1.80. The number of hydrogen-bond acceptors (Lipinski definition) is 5. The predicted molar refractivity (Wildman–Crippen MR) is 122 cm³/mol. The Morgan fingerprint density at radius 1 is 1.03 bits per heavy atom. The molecular formula is C23H20BrN5O2. The lowest BCUT2D eigenvalue weighted by molar-refractivity contribution is 0.101. The second-order valence-electron chi connectivity index (χ2n) is 7.50. The molecule has 0 saturated carbocycles. The number of carbonyl (C=O) groups excluding carboxylic acids is 2. The molecule has 0 unspecified atom stereocenters. The van der Waals surface area contributed by atoms with Crippen LogP contribution >= 0.6 is 15.9 Å². The molecule has 2 N–H and O–H groups in total. The maximum absolute atomic E-state index is 12.7. The van der Waals surface area contributed by atoms with E-state index in [1.54, 1.807) is 62.6 Å². The number of anilines is 2. The molecule has 0 radical (unpaired) electrons. The monoisotopic (exact) mass is 477 g/mol. The van der Waals surface area contributed by atoms with E-state index in [-0.39, 0.29) is 11.8 Å². The first-order valence-corrected chi connectivity index (χ1v) is 10.2. The number of hydrogen-bond donors (Lipinski definition) is 2. The Morgan fingerprint density at radius 3 is 2.48 bits per heavy atom. The number of halogens is 1. The van der Waals surface area contributed by atoms with Gasteiger partial charge in [-0.2, -0.15) is 5.26 Å². The molecule has 0 spiro atoms. The van der Waals surface area contributed by atoms with Crippen molar-refractivity contribution in [2.45, 2.75) is 26.2 Å². The summed E-state index contributed by atoms with van der Waals surface area (Å²) in [5, 5.41) is 14.9. The molecule has 0 atom stereocenters. The van der Waals surface area contributed by atoms with Crippen LogP contribution in [-0.4, -0.2) is 21.8 Å². The van der Waals surface area contributed by atoms with Crippen LogP contribution in [0.2, 0.25) is 0 Å². The normalized spacial score (nSPS) is 10.8. The molecule has 0 saturated heterocycles. The Labute approximate surface area is 188 Å². The third-order valence-corrected chi connectivity index (χ3v) is 5.08. The summed E-state index contributed by atoms with van der Waals surface area (Å²) >= 11 is 3.32. The molecule has 31 heavy (non-hydrogen) atoms. The van der Waals surface area contributed by atoms with Crippen molar-refractivity contribution in [2.24, 2.45) is 0 Å². The van der Waals surface area contributed by atoms with Gasteiger partial charge in [-0.25, -0.2) is 0 Å². The average molecular weight is 478 g/mol. The summed E-state index contributed by atoms with van der Waals surface area (Å²) in [5.41, 5.74) is 2.30. The van der Waals surface area contributed by atoms with Crippen molar-refractivity contribution < 1.29 is 9.59 Å². The van der Waals surface area contributed by atoms with Crippen LogP contribution in [0.25, 0.3) is 0 Å². The van der Waals surface area contributed by atoms with Crippen molar-refractivity contribution in [2.75, 3.05) is 10.6 Å². The van der Waals surface area contributed by atoms with Gasteiger partial charge in [0.05, 0.1) is 29.1 Å². The molecule has 0 fully saturated rings. The van der Waals surface area contributed by atoms with E-state index in [4.69, 9.17) is 0 Å². The highest BCUT2D eigenvalue weighted by molar-refractivity contribution is 9.10. The van der Waals surface area contributed by atoms with Gasteiger partial charge in [0.25, 0.3) is 11.8 Å². The molecule has 3 rings (SSSR count). The van der Waals surface area contributed by atoms with E-state index in [1.165, 1.54) is 6.20 Å². The molecule has 7 nitrogen and oxygen atoms in total. The Kier molecular flexibility index (Phi) is 6.47. The molecule has 3 aromatic rings. The van der Waals surface area contributed by atoms with E-state index in [1.807, 2.05) is 6.92 Å². The quantitative estimate of drug-likeness (QED) is 0.545. The SMILES string of the molecule is Cc1ccc(NC(=O)c2ccnc(C(C)(C)C#N)c2)cc1C(=O)Nc1cncc(Br)c1. The zero-order valence-corrected chi connectivity index (χ0v) is 18.8. The van der Waals surface area contributed by atoms with Gasteiger partial charge in [-0.05, 0) is 72.6 Å². The first-order chi connectivity index (χ1) is 14.7. The summed E-state index contributed by atoms with van der Waals surface area (Å²) in [6.07, 6.45) is 4.68. The maximum atomic E-state index is 12.7. The minimum absolute atomic E-state index is 0.310. The van der Waals surface area contributed by atoms with Gasteiger partial charge in [0.1, 0.15) is 0 Å². The second-order valence-corrected chi connectivity index (χ2v) is 8.41. The minimum atomic E-state index is -0.813. The van der Waals surface area contributed by atoms with Crippen LogP contribution in [0.3, 0.4) is 0 Å². The average Bonchev–Trinajstić information content (AvgIpc) is 2.75. The van der Waals surface area contributed by atoms with Crippen molar-refractivity contribution in [1.29, 1.82) is 5.26 Å². The number of rotatable bonds is 5. The van der Waals surface area contributed by atoms with Gasteiger partial charge >= 0.3 is 0 Å². The number of nitrogens with zero attached hydrogens (tertiary/aromatic N) is 3. The molecule has 0 aliphatic heterocycles. The summed E-state index contributed by atoms with van der Waals surface area (Å²) in [6.45, 7) is 5.30. The number of pyridine rings is 2. The highest BCUT2D eigenvalue weighted by Crippen LogP contribution is 2.22. The van der Waals surface area contributed by atoms with Crippen LogP contribution in [0.5, 0.6) is 0 Å². The lowest BCUT2D eigenvalue weighted by atomic mass is 9.90. The topological polar surface area (TPSA) is 108 Å². The molecule has 8 heteroatoms. The first kappa shape index (κ1) is 22.1. The Bertz CT molecular complexity index is 1200. The zero-order valence-electron chi connectivity index (χ0n) is 17.2. The van der Waals surface area contributed by atoms with Crippen LogP contribution in [-0.2, 0) is 5.41 Å². The fourth-order valence-electron chi connectivity index (χ4n) is 2.80. The van der Waals surface area contributed by atoms with Gasteiger partial charge in [0.2, 0.25) is 0 Å². The highest BCUT2D eigenvalue weighted by atomic mass is 79.9. The van der Waals surface area contributed by atoms with Crippen molar-refractivity contribution in [3.63, 3.8) is 0 Å². The van der Waals surface area contributed by atoms with E-state index >= 15 is 0 Å². The Hall–Kier alpha value is -3.57. The van der Waals surface area contributed by atoms with Gasteiger partial charge in [-0.3, -0.25) is 19.6 Å². The van der Waals surface area contributed by atoms with E-state index in [0.29, 0.717) is 28.2 Å². The van der Waals surface area contributed by atoms with Gasteiger partial charge in [-0.1, -0.05) is 6.07 Å². The van der Waals surface area contributed by atoms with Gasteiger partial charge in [0, 0.05) is 33.7 Å². The van der Waals surface area contributed by atoms with Gasteiger partial charge in [-0.15, -0.1) is 0 Å². The van der Waals surface area contributed by atoms with Crippen molar-refractivity contribution in [3.8, 4) is 6.07 Å². The number of aryl methyl sites for hydroxylation is 1. The standard InChI is InChI=1S/C23H20BrN5O2/c1-14-4-5-17(10-19(14)22(31)29-18-9-16(24)11-26-12-18)28-21(30)15-6-7-27-20(8-15)23(2,3)13-25/h4-12H,1-3H3,(H,28,30)(H,29,31). The molecule has 156 valence electrons. The molecule has 2 aromatic heterocycles. The Morgan fingerprint density at radius 2 is 1.77 bits per heavy atom. The molecule has 0 aliphatic rings. The molecule has 0 bridgehead atoms. The molecular weight excluding hydrogens is 458 g/mol. The van der Waals surface area contributed by atoms with Crippen molar-refractivity contribution in [3.05, 3.63) is 81.8 Å². The summed E-state index contributed by atoms with van der Waals surface area (Å²) in [7, 11) is 0. The number of nitrogens with one attached hydrogen (secondary N) is 2. The van der Waals surface area contributed by atoms with Crippen LogP contribution in [0.4, 0.5) is 11.4 Å². The third-order valence-electron chi connectivity index (χ3n) is 4.64. The molecule has 2 amide bonds. The summed E-state index contributed by atoms with van der Waals surface area (Å²) in [4.78, 5) is 33.7. The fourth-order valence-corrected chi connectivity index (χ4v) is 3.16. The van der Waals surface area contributed by atoms with Crippen molar-refractivity contribution in [1.82, 2.24) is 9.97 Å². The summed E-state index contributed by atoms with van der Waals surface area (Å²) < 4.78 is 0.749. The highest BCUT2D eigenvalue weighted by Gasteiger charge is 2.22. The van der Waals surface area contributed by atoms with E-state index < -0.39 is 5.41 Å². The van der Waals surface area contributed by atoms with Crippen LogP contribution < -0.4 is 10.6 Å². The zero-order chi connectivity index (χ0) is 22.6. The third kappa shape index (κ3) is 5.32. The lowest BCUT2D eigenvalue weighted by Gasteiger charge is -2.15. The minimum Gasteiger partial charge on any atom is -0.322 e. The number of carbonyl (C=O) groups is 2. The maximum Gasteiger partial charge on any atom is 0.256 e. The number of nitriles is 1. The van der Waals surface area contributed by atoms with Crippen molar-refractivity contribution >= 4 is 39.1 Å². The molecule has 0 aliphatic carbocycles. The van der Waals surface area contributed by atoms with Crippen LogP contribution in [0.15, 0.2) is 59.5 Å².